The fraction of sp³-hybridized carbons (Fsp3) is 0.467. The van der Waals surface area contributed by atoms with Crippen LogP contribution in [0.5, 0.6) is 0 Å². The van der Waals surface area contributed by atoms with Crippen LogP contribution in [0.25, 0.3) is 0 Å². The summed E-state index contributed by atoms with van der Waals surface area (Å²) in [7, 11) is 0. The van der Waals surface area contributed by atoms with Crippen LogP contribution in [0.1, 0.15) is 31.7 Å². The van der Waals surface area contributed by atoms with Gasteiger partial charge in [-0.15, -0.1) is 0 Å². The number of carboxylic acid groups (broad SMARTS) is 1. The van der Waals surface area contributed by atoms with Crippen molar-refractivity contribution in [2.75, 3.05) is 0 Å². The van der Waals surface area contributed by atoms with E-state index >= 15 is 0 Å². The molecule has 2 rings (SSSR count). The van der Waals surface area contributed by atoms with Gasteiger partial charge in [0.05, 0.1) is 11.5 Å². The highest BCUT2D eigenvalue weighted by molar-refractivity contribution is 6.30. The Kier molecular flexibility index (Phi) is 4.54. The van der Waals surface area contributed by atoms with E-state index in [4.69, 9.17) is 16.7 Å². The first kappa shape index (κ1) is 15.8. The van der Waals surface area contributed by atoms with E-state index in [2.05, 4.69) is 5.32 Å². The van der Waals surface area contributed by atoms with Crippen molar-refractivity contribution in [3.8, 4) is 0 Å². The molecule has 6 heteroatoms. The number of hydrogen-bond acceptors (Lipinski definition) is 3. The standard InChI is InChI=1S/C15H18ClNO4/c1-9(18)12(13(19)20)17-14(21)15(6-3-7-15)10-4-2-5-11(16)8-10/h2,4-5,8-9,12,18H,3,6-7H2,1H3,(H,17,21)(H,19,20). The van der Waals surface area contributed by atoms with Gasteiger partial charge in [0.25, 0.3) is 0 Å². The van der Waals surface area contributed by atoms with Gasteiger partial charge in [-0.2, -0.15) is 0 Å². The third-order valence-electron chi connectivity index (χ3n) is 4.05. The SMILES string of the molecule is CC(O)C(NC(=O)C1(c2cccc(Cl)c2)CCC1)C(=O)O. The highest BCUT2D eigenvalue weighted by Gasteiger charge is 2.47. The molecule has 114 valence electrons. The highest BCUT2D eigenvalue weighted by atomic mass is 35.5. The van der Waals surface area contributed by atoms with Crippen LogP contribution in [0.4, 0.5) is 0 Å². The second-order valence-electron chi connectivity index (χ2n) is 5.48. The molecule has 1 fully saturated rings. The number of rotatable bonds is 5. The molecular weight excluding hydrogens is 294 g/mol. The van der Waals surface area contributed by atoms with Gasteiger partial charge in [0.15, 0.2) is 6.04 Å². The zero-order valence-electron chi connectivity index (χ0n) is 11.7. The van der Waals surface area contributed by atoms with E-state index in [0.717, 1.165) is 12.0 Å². The van der Waals surface area contributed by atoms with Crippen LogP contribution in [0.3, 0.4) is 0 Å². The van der Waals surface area contributed by atoms with Crippen molar-refractivity contribution in [3.63, 3.8) is 0 Å². The first-order valence-corrected chi connectivity index (χ1v) is 7.22. The summed E-state index contributed by atoms with van der Waals surface area (Å²) in [5.41, 5.74) is 0.0431. The van der Waals surface area contributed by atoms with Crippen molar-refractivity contribution in [2.45, 2.75) is 43.7 Å². The quantitative estimate of drug-likeness (QED) is 0.772. The lowest BCUT2D eigenvalue weighted by molar-refractivity contribution is -0.146. The van der Waals surface area contributed by atoms with Gasteiger partial charge in [-0.05, 0) is 37.5 Å². The summed E-state index contributed by atoms with van der Waals surface area (Å²) < 4.78 is 0. The first-order valence-electron chi connectivity index (χ1n) is 6.85. The molecule has 2 atom stereocenters. The lowest BCUT2D eigenvalue weighted by atomic mass is 9.63. The molecule has 3 N–H and O–H groups in total. The maximum atomic E-state index is 12.5. The van der Waals surface area contributed by atoms with Crippen LogP contribution in [-0.2, 0) is 15.0 Å². The predicted octanol–water partition coefficient (Wildman–Crippen LogP) is 1.71. The van der Waals surface area contributed by atoms with Gasteiger partial charge in [-0.25, -0.2) is 4.79 Å². The van der Waals surface area contributed by atoms with Crippen molar-refractivity contribution in [2.24, 2.45) is 0 Å². The molecule has 1 saturated carbocycles. The van der Waals surface area contributed by atoms with E-state index < -0.39 is 23.5 Å². The summed E-state index contributed by atoms with van der Waals surface area (Å²) >= 11 is 5.98. The second kappa shape index (κ2) is 6.03. The molecule has 21 heavy (non-hydrogen) atoms. The summed E-state index contributed by atoms with van der Waals surface area (Å²) in [5.74, 6) is -1.62. The first-order chi connectivity index (χ1) is 9.86. The van der Waals surface area contributed by atoms with Gasteiger partial charge in [0.2, 0.25) is 5.91 Å². The minimum atomic E-state index is -1.31. The van der Waals surface area contributed by atoms with Gasteiger partial charge in [-0.3, -0.25) is 4.79 Å². The van der Waals surface area contributed by atoms with E-state index in [0.29, 0.717) is 17.9 Å². The fourth-order valence-corrected chi connectivity index (χ4v) is 2.82. The molecule has 0 aromatic heterocycles. The number of carboxylic acids is 1. The van der Waals surface area contributed by atoms with Crippen LogP contribution >= 0.6 is 11.6 Å². The topological polar surface area (TPSA) is 86.6 Å². The minimum Gasteiger partial charge on any atom is -0.480 e. The van der Waals surface area contributed by atoms with Crippen LogP contribution in [0.2, 0.25) is 5.02 Å². The number of aliphatic hydroxyl groups is 1. The Labute approximate surface area is 127 Å². The number of halogens is 1. The maximum absolute atomic E-state index is 12.5. The van der Waals surface area contributed by atoms with E-state index in [1.807, 2.05) is 6.07 Å². The Morgan fingerprint density at radius 1 is 1.38 bits per heavy atom. The smallest absolute Gasteiger partial charge is 0.328 e. The average molecular weight is 312 g/mol. The summed E-state index contributed by atoms with van der Waals surface area (Å²) in [5, 5.41) is 21.5. The maximum Gasteiger partial charge on any atom is 0.328 e. The van der Waals surface area contributed by atoms with E-state index in [9.17, 15) is 14.7 Å². The lowest BCUT2D eigenvalue weighted by Crippen LogP contribution is -2.56. The Bertz CT molecular complexity index is 554. The average Bonchev–Trinajstić information content (AvgIpc) is 2.34. The van der Waals surface area contributed by atoms with Crippen LogP contribution < -0.4 is 5.32 Å². The molecule has 0 spiro atoms. The zero-order chi connectivity index (χ0) is 15.6. The molecule has 1 aliphatic carbocycles. The van der Waals surface area contributed by atoms with Gasteiger partial charge in [0.1, 0.15) is 0 Å². The molecule has 1 aromatic rings. The predicted molar refractivity (Wildman–Crippen MR) is 78.2 cm³/mol. The fourth-order valence-electron chi connectivity index (χ4n) is 2.63. The van der Waals surface area contributed by atoms with Gasteiger partial charge in [-0.1, -0.05) is 30.2 Å². The summed E-state index contributed by atoms with van der Waals surface area (Å²) in [6, 6.07) is 5.75. The van der Waals surface area contributed by atoms with E-state index in [1.54, 1.807) is 18.2 Å². The summed E-state index contributed by atoms with van der Waals surface area (Å²) in [6.45, 7) is 1.34. The molecule has 1 aromatic carbocycles. The molecule has 5 nitrogen and oxygen atoms in total. The number of amides is 1. The van der Waals surface area contributed by atoms with Gasteiger partial charge < -0.3 is 15.5 Å². The highest BCUT2D eigenvalue weighted by Crippen LogP contribution is 2.44. The molecule has 1 aliphatic rings. The molecular formula is C15H18ClNO4. The molecule has 0 bridgehead atoms. The van der Waals surface area contributed by atoms with Crippen LogP contribution in [-0.4, -0.2) is 34.2 Å². The molecule has 0 saturated heterocycles. The van der Waals surface area contributed by atoms with Crippen LogP contribution in [0, 0.1) is 0 Å². The van der Waals surface area contributed by atoms with Crippen molar-refractivity contribution >= 4 is 23.5 Å². The normalized spacial score (nSPS) is 19.2. The van der Waals surface area contributed by atoms with Crippen molar-refractivity contribution in [1.82, 2.24) is 5.32 Å². The zero-order valence-corrected chi connectivity index (χ0v) is 12.4. The number of carbonyl (C=O) groups is 2. The summed E-state index contributed by atoms with van der Waals surface area (Å²) in [4.78, 5) is 23.7. The Morgan fingerprint density at radius 2 is 2.05 bits per heavy atom. The largest absolute Gasteiger partial charge is 0.480 e. The van der Waals surface area contributed by atoms with Crippen molar-refractivity contribution < 1.29 is 19.8 Å². The lowest BCUT2D eigenvalue weighted by Gasteiger charge is -2.41. The van der Waals surface area contributed by atoms with E-state index in [-0.39, 0.29) is 5.91 Å². The van der Waals surface area contributed by atoms with Gasteiger partial charge in [0, 0.05) is 5.02 Å². The Morgan fingerprint density at radius 3 is 2.48 bits per heavy atom. The number of nitrogens with one attached hydrogen (secondary N) is 1. The molecule has 0 aliphatic heterocycles. The van der Waals surface area contributed by atoms with Crippen molar-refractivity contribution in [1.29, 1.82) is 0 Å². The number of aliphatic hydroxyl groups excluding tert-OH is 1. The Balaban J connectivity index is 2.24. The van der Waals surface area contributed by atoms with Gasteiger partial charge >= 0.3 is 5.97 Å². The second-order valence-corrected chi connectivity index (χ2v) is 5.91. The van der Waals surface area contributed by atoms with Crippen LogP contribution in [0.15, 0.2) is 24.3 Å². The molecule has 2 unspecified atom stereocenters. The third-order valence-corrected chi connectivity index (χ3v) is 4.29. The number of aliphatic carboxylic acids is 1. The minimum absolute atomic E-state index is 0.371. The van der Waals surface area contributed by atoms with E-state index in [1.165, 1.54) is 6.92 Å². The number of carbonyl (C=O) groups excluding carboxylic acids is 1. The Hall–Kier alpha value is -1.59. The van der Waals surface area contributed by atoms with Crippen molar-refractivity contribution in [3.05, 3.63) is 34.9 Å². The summed E-state index contributed by atoms with van der Waals surface area (Å²) in [6.07, 6.45) is 1.02. The molecule has 0 heterocycles. The number of hydrogen-bond donors (Lipinski definition) is 3. The third kappa shape index (κ3) is 3.04. The molecule has 1 amide bonds. The number of benzene rings is 1. The molecule has 0 radical (unpaired) electrons. The monoisotopic (exact) mass is 311 g/mol.